The van der Waals surface area contributed by atoms with Gasteiger partial charge in [-0.05, 0) is 42.1 Å². The molecule has 35 heavy (non-hydrogen) atoms. The molecule has 10 heteroatoms. The number of rotatable bonds is 8. The van der Waals surface area contributed by atoms with Crippen LogP contribution in [0.15, 0.2) is 74.1 Å². The first-order valence-electron chi connectivity index (χ1n) is 10.9. The molecular weight excluding hydrogens is 468 g/mol. The molecule has 0 unspecified atom stereocenters. The summed E-state index contributed by atoms with van der Waals surface area (Å²) in [5.74, 6) is 1.54. The Hall–Kier alpha value is -4.18. The molecule has 3 heterocycles. The summed E-state index contributed by atoms with van der Waals surface area (Å²) >= 11 is 1.59. The number of benzene rings is 2. The fraction of sp³-hybridized carbons (Fsp3) is 0.200. The van der Waals surface area contributed by atoms with E-state index in [1.54, 1.807) is 60.9 Å². The van der Waals surface area contributed by atoms with Gasteiger partial charge in [0.25, 0.3) is 5.56 Å². The number of hydrogen-bond donors (Lipinski definition) is 0. The van der Waals surface area contributed by atoms with Gasteiger partial charge < -0.3 is 14.0 Å². The van der Waals surface area contributed by atoms with Crippen LogP contribution in [0.4, 0.5) is 0 Å². The lowest BCUT2D eigenvalue weighted by molar-refractivity contribution is 0.354. The molecule has 0 atom stereocenters. The minimum atomic E-state index is -0.427. The molecule has 2 aromatic carbocycles. The minimum Gasteiger partial charge on any atom is -0.493 e. The Labute approximate surface area is 203 Å². The Morgan fingerprint density at radius 1 is 0.971 bits per heavy atom. The molecular formula is C25H22N4O5S. The third-order valence-electron chi connectivity index (χ3n) is 5.70. The van der Waals surface area contributed by atoms with Crippen LogP contribution in [0, 0.1) is 0 Å². The van der Waals surface area contributed by atoms with Gasteiger partial charge in [0, 0.05) is 11.4 Å². The molecule has 0 N–H and O–H groups in total. The quantitative estimate of drug-likeness (QED) is 0.328. The molecule has 5 rings (SSSR count). The van der Waals surface area contributed by atoms with Gasteiger partial charge in [-0.1, -0.05) is 29.4 Å². The number of para-hydroxylation sites is 2. The SMILES string of the molecule is COc1cccc(-c2noc(Cn3c(=O)n(CCc4cccs4)c(=O)c4ccccc43)n2)c1OC. The highest BCUT2D eigenvalue weighted by atomic mass is 32.1. The second-order valence-electron chi connectivity index (χ2n) is 7.72. The van der Waals surface area contributed by atoms with Gasteiger partial charge in [0.2, 0.25) is 11.7 Å². The number of thiophene rings is 1. The van der Waals surface area contributed by atoms with Crippen molar-refractivity contribution in [2.75, 3.05) is 14.2 Å². The third kappa shape index (κ3) is 4.24. The summed E-state index contributed by atoms with van der Waals surface area (Å²) in [4.78, 5) is 32.1. The van der Waals surface area contributed by atoms with E-state index in [0.717, 1.165) is 4.88 Å². The normalized spacial score (nSPS) is 11.1. The lowest BCUT2D eigenvalue weighted by Crippen LogP contribution is -2.40. The Bertz CT molecular complexity index is 1600. The van der Waals surface area contributed by atoms with Crippen LogP contribution in [-0.4, -0.2) is 33.5 Å². The van der Waals surface area contributed by atoms with Crippen LogP contribution in [0.3, 0.4) is 0 Å². The largest absolute Gasteiger partial charge is 0.493 e. The summed E-state index contributed by atoms with van der Waals surface area (Å²) in [6, 6.07) is 16.3. The highest BCUT2D eigenvalue weighted by molar-refractivity contribution is 7.09. The van der Waals surface area contributed by atoms with Gasteiger partial charge in [0.1, 0.15) is 6.54 Å². The second kappa shape index (κ2) is 9.59. The number of nitrogens with zero attached hydrogens (tertiary/aromatic N) is 4. The van der Waals surface area contributed by atoms with Crippen molar-refractivity contribution in [3.63, 3.8) is 0 Å². The molecule has 0 aliphatic carbocycles. The fourth-order valence-electron chi connectivity index (χ4n) is 4.02. The predicted octanol–water partition coefficient (Wildman–Crippen LogP) is 3.58. The van der Waals surface area contributed by atoms with Crippen molar-refractivity contribution in [3.8, 4) is 22.9 Å². The van der Waals surface area contributed by atoms with Gasteiger partial charge in [0.05, 0.1) is 30.7 Å². The zero-order valence-corrected chi connectivity index (χ0v) is 19.9. The predicted molar refractivity (Wildman–Crippen MR) is 132 cm³/mol. The van der Waals surface area contributed by atoms with E-state index in [1.165, 1.54) is 16.2 Å². The first kappa shape index (κ1) is 22.6. The first-order valence-corrected chi connectivity index (χ1v) is 11.8. The van der Waals surface area contributed by atoms with E-state index in [1.807, 2.05) is 17.5 Å². The number of methoxy groups -OCH3 is 2. The van der Waals surface area contributed by atoms with Crippen molar-refractivity contribution in [1.29, 1.82) is 0 Å². The smallest absolute Gasteiger partial charge is 0.331 e. The molecule has 0 fully saturated rings. The zero-order valence-electron chi connectivity index (χ0n) is 19.1. The van der Waals surface area contributed by atoms with Crippen LogP contribution in [0.1, 0.15) is 10.8 Å². The Balaban J connectivity index is 1.55. The summed E-state index contributed by atoms with van der Waals surface area (Å²) in [7, 11) is 3.08. The summed E-state index contributed by atoms with van der Waals surface area (Å²) in [5.41, 5.74) is 0.364. The van der Waals surface area contributed by atoms with Gasteiger partial charge in [-0.25, -0.2) is 4.79 Å². The van der Waals surface area contributed by atoms with Crippen LogP contribution in [0.25, 0.3) is 22.3 Å². The summed E-state index contributed by atoms with van der Waals surface area (Å²) < 4.78 is 19.1. The van der Waals surface area contributed by atoms with E-state index in [9.17, 15) is 9.59 Å². The van der Waals surface area contributed by atoms with Gasteiger partial charge >= 0.3 is 5.69 Å². The fourth-order valence-corrected chi connectivity index (χ4v) is 4.72. The molecule has 0 spiro atoms. The molecule has 0 radical (unpaired) electrons. The number of aromatic nitrogens is 4. The molecule has 3 aromatic heterocycles. The Morgan fingerprint density at radius 3 is 2.60 bits per heavy atom. The van der Waals surface area contributed by atoms with Gasteiger partial charge in [-0.2, -0.15) is 4.98 Å². The number of aryl methyl sites for hydroxylation is 1. The molecule has 0 aliphatic heterocycles. The maximum absolute atomic E-state index is 13.4. The van der Waals surface area contributed by atoms with Crippen molar-refractivity contribution >= 4 is 22.2 Å². The number of hydrogen-bond acceptors (Lipinski definition) is 8. The van der Waals surface area contributed by atoms with Gasteiger partial charge in [-0.15, -0.1) is 11.3 Å². The topological polar surface area (TPSA) is 101 Å². The summed E-state index contributed by atoms with van der Waals surface area (Å²) in [5, 5.41) is 6.51. The van der Waals surface area contributed by atoms with Crippen LogP contribution in [-0.2, 0) is 19.5 Å². The Morgan fingerprint density at radius 2 is 1.83 bits per heavy atom. The average Bonchev–Trinajstić information content (AvgIpc) is 3.58. The maximum atomic E-state index is 13.4. The summed E-state index contributed by atoms with van der Waals surface area (Å²) in [6.07, 6.45) is 0.589. The van der Waals surface area contributed by atoms with E-state index in [4.69, 9.17) is 14.0 Å². The van der Waals surface area contributed by atoms with E-state index in [2.05, 4.69) is 10.1 Å². The van der Waals surface area contributed by atoms with Crippen molar-refractivity contribution in [3.05, 3.63) is 91.6 Å². The third-order valence-corrected chi connectivity index (χ3v) is 6.64. The highest BCUT2D eigenvalue weighted by Gasteiger charge is 2.19. The van der Waals surface area contributed by atoms with Crippen LogP contribution in [0.5, 0.6) is 11.5 Å². The molecule has 5 aromatic rings. The van der Waals surface area contributed by atoms with E-state index < -0.39 is 5.69 Å². The average molecular weight is 491 g/mol. The first-order chi connectivity index (χ1) is 17.1. The molecule has 0 saturated heterocycles. The number of ether oxygens (including phenoxy) is 2. The molecule has 0 bridgehead atoms. The monoisotopic (exact) mass is 490 g/mol. The molecule has 9 nitrogen and oxygen atoms in total. The molecule has 178 valence electrons. The number of fused-ring (bicyclic) bond motifs is 1. The van der Waals surface area contributed by atoms with E-state index in [-0.39, 0.29) is 24.5 Å². The van der Waals surface area contributed by atoms with Crippen molar-refractivity contribution < 1.29 is 14.0 Å². The lowest BCUT2D eigenvalue weighted by Gasteiger charge is -2.12. The van der Waals surface area contributed by atoms with Crippen molar-refractivity contribution in [1.82, 2.24) is 19.3 Å². The zero-order chi connectivity index (χ0) is 24.4. The van der Waals surface area contributed by atoms with E-state index >= 15 is 0 Å². The van der Waals surface area contributed by atoms with E-state index in [0.29, 0.717) is 40.2 Å². The summed E-state index contributed by atoms with van der Waals surface area (Å²) in [6.45, 7) is 0.289. The standard InChI is InChI=1S/C25H22N4O5S/c1-32-20-11-5-9-18(22(20)33-2)23-26-21(34-27-23)15-29-19-10-4-3-8-17(19)24(30)28(25(29)31)13-12-16-7-6-14-35-16/h3-11,14H,12-13,15H2,1-2H3. The molecule has 0 saturated carbocycles. The van der Waals surface area contributed by atoms with Crippen molar-refractivity contribution in [2.24, 2.45) is 0 Å². The van der Waals surface area contributed by atoms with Crippen LogP contribution >= 0.6 is 11.3 Å². The molecule has 0 amide bonds. The maximum Gasteiger partial charge on any atom is 0.331 e. The Kier molecular flexibility index (Phi) is 6.19. The van der Waals surface area contributed by atoms with Gasteiger partial charge in [-0.3, -0.25) is 13.9 Å². The highest BCUT2D eigenvalue weighted by Crippen LogP contribution is 2.36. The minimum absolute atomic E-state index is 0.0118. The van der Waals surface area contributed by atoms with Gasteiger partial charge in [0.15, 0.2) is 11.5 Å². The van der Waals surface area contributed by atoms with Crippen LogP contribution in [0.2, 0.25) is 0 Å². The lowest BCUT2D eigenvalue weighted by atomic mass is 10.1. The van der Waals surface area contributed by atoms with Crippen LogP contribution < -0.4 is 20.7 Å². The second-order valence-corrected chi connectivity index (χ2v) is 8.76. The molecule has 0 aliphatic rings. The van der Waals surface area contributed by atoms with Crippen molar-refractivity contribution in [2.45, 2.75) is 19.5 Å².